The van der Waals surface area contributed by atoms with Crippen LogP contribution in [0.1, 0.15) is 35.0 Å². The van der Waals surface area contributed by atoms with E-state index in [0.717, 1.165) is 6.20 Å². The minimum atomic E-state index is -3.12. The second-order valence-corrected chi connectivity index (χ2v) is 2.92. The van der Waals surface area contributed by atoms with Crippen LogP contribution in [0.5, 0.6) is 0 Å². The Balaban J connectivity index is 3.51. The van der Waals surface area contributed by atoms with E-state index in [4.69, 9.17) is 21.2 Å². The van der Waals surface area contributed by atoms with Gasteiger partial charge in [0.25, 0.3) is 0 Å². The maximum Gasteiger partial charge on any atom is 0.146 e. The Morgan fingerprint density at radius 1 is 1.82 bits per heavy atom. The number of aromatic nitrogens is 2. The summed E-state index contributed by atoms with van der Waals surface area (Å²) in [5.41, 5.74) is 0. The summed E-state index contributed by atoms with van der Waals surface area (Å²) in [7, 11) is 0. The molecule has 0 fully saturated rings. The van der Waals surface area contributed by atoms with Crippen LogP contribution in [0.3, 0.4) is 0 Å². The van der Waals surface area contributed by atoms with Gasteiger partial charge in [-0.3, -0.25) is 0 Å². The van der Waals surface area contributed by atoms with Gasteiger partial charge in [0.1, 0.15) is 11.0 Å². The Hall–Kier alpha value is -0.150. The zero-order valence-electron chi connectivity index (χ0n) is 12.2. The Morgan fingerprint density at radius 3 is 3.09 bits per heavy atom. The van der Waals surface area contributed by atoms with Crippen LogP contribution in [-0.4, -0.2) is 9.97 Å². The van der Waals surface area contributed by atoms with Gasteiger partial charge in [0.2, 0.25) is 0 Å². The first kappa shape index (κ1) is 3.30. The van der Waals surface area contributed by atoms with Crippen molar-refractivity contribution in [2.24, 2.45) is 0 Å². The molecule has 0 amide bonds. The standard InChI is InChI=1S/C7H8BrClN2/c1-4(2)7-10-3-5(8)6(9)11-7/h3-4H,1-2H3/i1D3,2D3,4D. The molecular formula is C7H8BrClN2. The summed E-state index contributed by atoms with van der Waals surface area (Å²) in [5, 5.41) is -0.148. The zero-order chi connectivity index (χ0) is 14.4. The topological polar surface area (TPSA) is 25.8 Å². The molecule has 11 heavy (non-hydrogen) atoms. The van der Waals surface area contributed by atoms with Crippen molar-refractivity contribution >= 4 is 27.5 Å². The van der Waals surface area contributed by atoms with E-state index in [0.29, 0.717) is 0 Å². The van der Waals surface area contributed by atoms with E-state index in [1.54, 1.807) is 0 Å². The van der Waals surface area contributed by atoms with Crippen molar-refractivity contribution in [1.29, 1.82) is 0 Å². The van der Waals surface area contributed by atoms with Gasteiger partial charge in [-0.1, -0.05) is 25.3 Å². The van der Waals surface area contributed by atoms with E-state index >= 15 is 0 Å². The molecule has 0 aliphatic rings. The summed E-state index contributed by atoms with van der Waals surface area (Å²) in [4.78, 5) is 7.17. The lowest BCUT2D eigenvalue weighted by atomic mass is 10.2. The number of hydrogen-bond acceptors (Lipinski definition) is 2. The van der Waals surface area contributed by atoms with Crippen molar-refractivity contribution in [3.05, 3.63) is 21.6 Å². The van der Waals surface area contributed by atoms with E-state index < -0.39 is 25.4 Å². The third-order valence-corrected chi connectivity index (χ3v) is 2.02. The first-order valence-corrected chi connectivity index (χ1v) is 3.77. The molecule has 60 valence electrons. The first-order valence-electron chi connectivity index (χ1n) is 6.10. The number of rotatable bonds is 1. The van der Waals surface area contributed by atoms with Gasteiger partial charge in [-0.25, -0.2) is 9.97 Å². The quantitative estimate of drug-likeness (QED) is 0.708. The molecule has 2 nitrogen and oxygen atoms in total. The van der Waals surface area contributed by atoms with Crippen LogP contribution >= 0.6 is 27.5 Å². The van der Waals surface area contributed by atoms with Gasteiger partial charge in [0.15, 0.2) is 0 Å². The lowest BCUT2D eigenvalue weighted by molar-refractivity contribution is 0.772. The fraction of sp³-hybridized carbons (Fsp3) is 0.429. The van der Waals surface area contributed by atoms with Crippen LogP contribution in [0.4, 0.5) is 0 Å². The van der Waals surface area contributed by atoms with Crippen LogP contribution < -0.4 is 0 Å². The van der Waals surface area contributed by atoms with Gasteiger partial charge in [0, 0.05) is 21.7 Å². The highest BCUT2D eigenvalue weighted by Gasteiger charge is 2.04. The molecule has 0 aliphatic heterocycles. The van der Waals surface area contributed by atoms with Gasteiger partial charge >= 0.3 is 0 Å². The van der Waals surface area contributed by atoms with Gasteiger partial charge in [-0.05, 0) is 15.9 Å². The Bertz CT molecular complexity index is 444. The third kappa shape index (κ3) is 2.14. The predicted molar refractivity (Wildman–Crippen MR) is 48.8 cm³/mol. The summed E-state index contributed by atoms with van der Waals surface area (Å²) < 4.78 is 51.6. The van der Waals surface area contributed by atoms with Crippen molar-refractivity contribution in [3.8, 4) is 0 Å². The van der Waals surface area contributed by atoms with Gasteiger partial charge in [-0.15, -0.1) is 0 Å². The smallest absolute Gasteiger partial charge is 0.146 e. The largest absolute Gasteiger partial charge is 0.240 e. The molecule has 1 aromatic heterocycles. The molecule has 1 rings (SSSR count). The van der Waals surface area contributed by atoms with E-state index in [2.05, 4.69) is 25.9 Å². The normalized spacial score (nSPS) is 23.3. The van der Waals surface area contributed by atoms with Gasteiger partial charge < -0.3 is 0 Å². The molecule has 0 bridgehead atoms. The molecule has 0 atom stereocenters. The molecule has 0 saturated carbocycles. The van der Waals surface area contributed by atoms with Crippen LogP contribution in [-0.2, 0) is 0 Å². The molecule has 1 aromatic rings. The maximum absolute atomic E-state index is 7.81. The third-order valence-electron chi connectivity index (χ3n) is 0.925. The molecule has 0 spiro atoms. The average molecular weight is 243 g/mol. The predicted octanol–water partition coefficient (Wildman–Crippen LogP) is 3.02. The molecule has 0 unspecified atom stereocenters. The number of hydrogen-bond donors (Lipinski definition) is 0. The first-order chi connectivity index (χ1) is 7.91. The zero-order valence-corrected chi connectivity index (χ0v) is 7.57. The van der Waals surface area contributed by atoms with E-state index in [1.165, 1.54) is 0 Å². The van der Waals surface area contributed by atoms with Gasteiger partial charge in [-0.2, -0.15) is 0 Å². The Kier molecular flexibility index (Phi) is 1.05. The summed E-state index contributed by atoms with van der Waals surface area (Å²) in [6.45, 7) is -6.23. The average Bonchev–Trinajstić information content (AvgIpc) is 2.17. The second-order valence-electron chi connectivity index (χ2n) is 1.71. The summed E-state index contributed by atoms with van der Waals surface area (Å²) in [5.74, 6) is -3.58. The van der Waals surface area contributed by atoms with Crippen LogP contribution in [0.2, 0.25) is 5.15 Å². The fourth-order valence-corrected chi connectivity index (χ4v) is 0.787. The molecular weight excluding hydrogens is 227 g/mol. The second kappa shape index (κ2) is 3.50. The highest BCUT2D eigenvalue weighted by atomic mass is 79.9. The van der Waals surface area contributed by atoms with E-state index in [-0.39, 0.29) is 9.63 Å². The van der Waals surface area contributed by atoms with E-state index in [1.807, 2.05) is 0 Å². The lowest BCUT2D eigenvalue weighted by Gasteiger charge is -2.02. The van der Waals surface area contributed by atoms with Crippen molar-refractivity contribution < 1.29 is 9.60 Å². The Labute approximate surface area is 89.0 Å². The highest BCUT2D eigenvalue weighted by Crippen LogP contribution is 2.20. The molecule has 1 heterocycles. The molecule has 0 saturated heterocycles. The molecule has 0 N–H and O–H groups in total. The Morgan fingerprint density at radius 2 is 2.55 bits per heavy atom. The number of nitrogens with zero attached hydrogens (tertiary/aromatic N) is 2. The highest BCUT2D eigenvalue weighted by molar-refractivity contribution is 9.10. The van der Waals surface area contributed by atoms with Crippen molar-refractivity contribution in [1.82, 2.24) is 9.97 Å². The van der Waals surface area contributed by atoms with Crippen molar-refractivity contribution in [3.63, 3.8) is 0 Å². The fourth-order valence-electron chi connectivity index (χ4n) is 0.467. The monoisotopic (exact) mass is 241 g/mol. The minimum Gasteiger partial charge on any atom is -0.240 e. The van der Waals surface area contributed by atoms with Crippen molar-refractivity contribution in [2.75, 3.05) is 0 Å². The van der Waals surface area contributed by atoms with Crippen molar-refractivity contribution in [2.45, 2.75) is 19.6 Å². The van der Waals surface area contributed by atoms with Crippen LogP contribution in [0, 0.1) is 0 Å². The molecule has 0 radical (unpaired) electrons. The minimum absolute atomic E-state index is 0.148. The van der Waals surface area contributed by atoms with Crippen LogP contribution in [0.15, 0.2) is 10.7 Å². The molecule has 0 aliphatic carbocycles. The summed E-state index contributed by atoms with van der Waals surface area (Å²) >= 11 is 8.67. The lowest BCUT2D eigenvalue weighted by Crippen LogP contribution is -1.96. The van der Waals surface area contributed by atoms with E-state index in [9.17, 15) is 0 Å². The summed E-state index contributed by atoms with van der Waals surface area (Å²) in [6.07, 6.45) is 1.12. The summed E-state index contributed by atoms with van der Waals surface area (Å²) in [6, 6.07) is 0. The maximum atomic E-state index is 7.81. The van der Waals surface area contributed by atoms with Gasteiger partial charge in [0.05, 0.1) is 4.47 Å². The number of halogens is 2. The molecule has 4 heteroatoms. The van der Waals surface area contributed by atoms with Crippen LogP contribution in [0.25, 0.3) is 0 Å². The SMILES string of the molecule is [2H]C([2H])([2H])C([2H])(c1ncc(Br)c(Cl)n1)C([2H])([2H])[2H]. The molecule has 0 aromatic carbocycles.